The van der Waals surface area contributed by atoms with Crippen molar-refractivity contribution >= 4 is 34.4 Å². The predicted octanol–water partition coefficient (Wildman–Crippen LogP) is 4.34. The number of nitrogens with one attached hydrogen (secondary N) is 2. The average molecular weight is 329 g/mol. The monoisotopic (exact) mass is 328 g/mol. The minimum Gasteiger partial charge on any atom is -0.367 e. The largest absolute Gasteiger partial charge is 0.367 e. The fraction of sp³-hybridized carbons (Fsp3) is 0.222. The van der Waals surface area contributed by atoms with Gasteiger partial charge in [-0.1, -0.05) is 85.1 Å². The molecule has 114 valence electrons. The van der Waals surface area contributed by atoms with Crippen molar-refractivity contribution < 1.29 is 0 Å². The molecule has 0 saturated heterocycles. The molecule has 0 spiro atoms. The second-order valence-electron chi connectivity index (χ2n) is 5.21. The van der Waals surface area contributed by atoms with Gasteiger partial charge < -0.3 is 10.6 Å². The van der Waals surface area contributed by atoms with Gasteiger partial charge in [0.05, 0.1) is 0 Å². The zero-order chi connectivity index (χ0) is 15.9. The van der Waals surface area contributed by atoms with Crippen LogP contribution in [0.1, 0.15) is 37.1 Å². The molecular weight excluding hydrogens is 308 g/mol. The summed E-state index contributed by atoms with van der Waals surface area (Å²) in [7, 11) is 0. The molecule has 2 nitrogen and oxygen atoms in total. The zero-order valence-corrected chi connectivity index (χ0v) is 14.4. The molecule has 0 aliphatic carbocycles. The molecule has 2 aromatic carbocycles. The molecule has 0 heterocycles. The van der Waals surface area contributed by atoms with Gasteiger partial charge in [0.15, 0.2) is 0 Å². The highest BCUT2D eigenvalue weighted by Crippen LogP contribution is 2.13. The summed E-state index contributed by atoms with van der Waals surface area (Å²) in [6.45, 7) is 4.15. The molecule has 4 heteroatoms. The van der Waals surface area contributed by atoms with Crippen LogP contribution in [0, 0.1) is 0 Å². The van der Waals surface area contributed by atoms with Crippen LogP contribution in [-0.2, 0) is 0 Å². The molecule has 0 aliphatic rings. The van der Waals surface area contributed by atoms with Crippen molar-refractivity contribution in [2.75, 3.05) is 0 Å². The maximum atomic E-state index is 5.41. The van der Waals surface area contributed by atoms with Crippen molar-refractivity contribution in [3.8, 4) is 0 Å². The van der Waals surface area contributed by atoms with Gasteiger partial charge in [0.2, 0.25) is 0 Å². The molecule has 0 aliphatic heterocycles. The molecule has 0 fully saturated rings. The van der Waals surface area contributed by atoms with E-state index < -0.39 is 0 Å². The van der Waals surface area contributed by atoms with Crippen LogP contribution < -0.4 is 10.6 Å². The van der Waals surface area contributed by atoms with Gasteiger partial charge in [-0.3, -0.25) is 0 Å². The zero-order valence-electron chi connectivity index (χ0n) is 12.7. The van der Waals surface area contributed by atoms with E-state index in [9.17, 15) is 0 Å². The average Bonchev–Trinajstić information content (AvgIpc) is 2.56. The third-order valence-electron chi connectivity index (χ3n) is 3.50. The van der Waals surface area contributed by atoms with Crippen molar-refractivity contribution in [3.05, 3.63) is 71.8 Å². The molecule has 0 bridgehead atoms. The Kier molecular flexibility index (Phi) is 6.04. The van der Waals surface area contributed by atoms with Crippen LogP contribution in [0.25, 0.3) is 0 Å². The Balaban J connectivity index is 1.91. The smallest absolute Gasteiger partial charge is 0.134 e. The Labute approximate surface area is 142 Å². The molecule has 2 atom stereocenters. The maximum absolute atomic E-state index is 5.41. The minimum absolute atomic E-state index is 0.125. The quantitative estimate of drug-likeness (QED) is 0.815. The van der Waals surface area contributed by atoms with Gasteiger partial charge >= 0.3 is 0 Å². The molecule has 0 saturated carbocycles. The van der Waals surface area contributed by atoms with Gasteiger partial charge in [0.1, 0.15) is 9.98 Å². The van der Waals surface area contributed by atoms with E-state index in [1.165, 1.54) is 11.1 Å². The number of benzene rings is 2. The highest BCUT2D eigenvalue weighted by atomic mass is 32.1. The van der Waals surface area contributed by atoms with Gasteiger partial charge in [-0.05, 0) is 25.0 Å². The summed E-state index contributed by atoms with van der Waals surface area (Å²) in [6.07, 6.45) is 0. The molecule has 0 unspecified atom stereocenters. The van der Waals surface area contributed by atoms with Crippen molar-refractivity contribution in [1.82, 2.24) is 10.6 Å². The molecule has 0 aromatic heterocycles. The standard InChI is InChI=1S/C18H20N2S2/c1-13(15-9-5-3-6-10-15)19-17(21)18(22)20-14(2)16-11-7-4-8-12-16/h3-14H,1-2H3,(H,19,21)(H,20,22)/t13-,14+. The third kappa shape index (κ3) is 4.61. The second kappa shape index (κ2) is 8.01. The van der Waals surface area contributed by atoms with E-state index in [4.69, 9.17) is 24.4 Å². The summed E-state index contributed by atoms with van der Waals surface area (Å²) in [6, 6.07) is 20.6. The first kappa shape index (κ1) is 16.6. The number of rotatable bonds is 4. The summed E-state index contributed by atoms with van der Waals surface area (Å²) in [5.41, 5.74) is 2.37. The Hall–Kier alpha value is -1.78. The van der Waals surface area contributed by atoms with Crippen molar-refractivity contribution in [2.24, 2.45) is 0 Å². The highest BCUT2D eigenvalue weighted by molar-refractivity contribution is 7.89. The molecular formula is C18H20N2S2. The van der Waals surface area contributed by atoms with E-state index in [0.717, 1.165) is 0 Å². The first-order chi connectivity index (χ1) is 10.6. The van der Waals surface area contributed by atoms with Crippen LogP contribution in [-0.4, -0.2) is 9.98 Å². The Bertz CT molecular complexity index is 569. The van der Waals surface area contributed by atoms with Gasteiger partial charge in [-0.2, -0.15) is 0 Å². The van der Waals surface area contributed by atoms with E-state index in [2.05, 4.69) is 48.7 Å². The van der Waals surface area contributed by atoms with Crippen LogP contribution in [0.4, 0.5) is 0 Å². The van der Waals surface area contributed by atoms with E-state index in [1.54, 1.807) is 0 Å². The fourth-order valence-corrected chi connectivity index (χ4v) is 2.65. The van der Waals surface area contributed by atoms with Gasteiger partial charge in [-0.15, -0.1) is 0 Å². The van der Waals surface area contributed by atoms with Crippen molar-refractivity contribution in [3.63, 3.8) is 0 Å². The summed E-state index contributed by atoms with van der Waals surface area (Å²) in [5.74, 6) is 0. The minimum atomic E-state index is 0.125. The third-order valence-corrected chi connectivity index (χ3v) is 4.27. The first-order valence-electron chi connectivity index (χ1n) is 7.29. The lowest BCUT2D eigenvalue weighted by Crippen LogP contribution is -2.39. The lowest BCUT2D eigenvalue weighted by Gasteiger charge is -2.20. The Morgan fingerprint density at radius 2 is 1.00 bits per heavy atom. The summed E-state index contributed by atoms with van der Waals surface area (Å²) in [5, 5.41) is 6.56. The summed E-state index contributed by atoms with van der Waals surface area (Å²) >= 11 is 10.8. The van der Waals surface area contributed by atoms with Crippen LogP contribution >= 0.6 is 24.4 Å². The lowest BCUT2D eigenvalue weighted by atomic mass is 10.1. The molecule has 2 rings (SSSR count). The second-order valence-corrected chi connectivity index (χ2v) is 6.03. The Morgan fingerprint density at radius 3 is 1.32 bits per heavy atom. The topological polar surface area (TPSA) is 24.1 Å². The summed E-state index contributed by atoms with van der Waals surface area (Å²) < 4.78 is 0. The number of hydrogen-bond acceptors (Lipinski definition) is 2. The van der Waals surface area contributed by atoms with Crippen LogP contribution in [0.2, 0.25) is 0 Å². The highest BCUT2D eigenvalue weighted by Gasteiger charge is 2.13. The van der Waals surface area contributed by atoms with Crippen LogP contribution in [0.15, 0.2) is 60.7 Å². The molecule has 2 aromatic rings. The Morgan fingerprint density at radius 1 is 0.682 bits per heavy atom. The molecule has 0 amide bonds. The van der Waals surface area contributed by atoms with E-state index >= 15 is 0 Å². The lowest BCUT2D eigenvalue weighted by molar-refractivity contribution is 0.710. The van der Waals surface area contributed by atoms with Crippen LogP contribution in [0.3, 0.4) is 0 Å². The molecule has 2 N–H and O–H groups in total. The van der Waals surface area contributed by atoms with Crippen LogP contribution in [0.5, 0.6) is 0 Å². The summed E-state index contributed by atoms with van der Waals surface area (Å²) in [4.78, 5) is 1.16. The van der Waals surface area contributed by atoms with E-state index in [1.807, 2.05) is 36.4 Å². The maximum Gasteiger partial charge on any atom is 0.134 e. The predicted molar refractivity (Wildman–Crippen MR) is 101 cm³/mol. The first-order valence-corrected chi connectivity index (χ1v) is 8.11. The van der Waals surface area contributed by atoms with Crippen molar-refractivity contribution in [2.45, 2.75) is 25.9 Å². The van der Waals surface area contributed by atoms with Gasteiger partial charge in [0.25, 0.3) is 0 Å². The van der Waals surface area contributed by atoms with Gasteiger partial charge in [-0.25, -0.2) is 0 Å². The van der Waals surface area contributed by atoms with Crippen molar-refractivity contribution in [1.29, 1.82) is 0 Å². The number of thiocarbonyl (C=S) groups is 2. The van der Waals surface area contributed by atoms with Gasteiger partial charge in [0, 0.05) is 12.1 Å². The molecule has 0 radical (unpaired) electrons. The molecule has 22 heavy (non-hydrogen) atoms. The SMILES string of the molecule is C[C@H](NC(=S)C(=S)N[C@H](C)c1ccccc1)c1ccccc1. The normalized spacial score (nSPS) is 13.0. The fourth-order valence-electron chi connectivity index (χ4n) is 2.17. The van der Waals surface area contributed by atoms with E-state index in [0.29, 0.717) is 9.98 Å². The number of hydrogen-bond donors (Lipinski definition) is 2. The van der Waals surface area contributed by atoms with E-state index in [-0.39, 0.29) is 12.1 Å².